The summed E-state index contributed by atoms with van der Waals surface area (Å²) in [5, 5.41) is 3.94. The summed E-state index contributed by atoms with van der Waals surface area (Å²) in [6, 6.07) is 1.37. The average molecular weight is 296 g/mol. The van der Waals surface area contributed by atoms with Crippen LogP contribution in [-0.4, -0.2) is 62.0 Å². The minimum atomic E-state index is 0.122. The van der Waals surface area contributed by atoms with Gasteiger partial charge in [-0.25, -0.2) is 0 Å². The number of piperidine rings is 1. The molecule has 3 saturated heterocycles. The zero-order valence-corrected chi connectivity index (χ0v) is 13.6. The molecule has 21 heavy (non-hydrogen) atoms. The Morgan fingerprint density at radius 2 is 1.81 bits per heavy atom. The van der Waals surface area contributed by atoms with Crippen molar-refractivity contribution in [1.29, 1.82) is 0 Å². The van der Waals surface area contributed by atoms with Gasteiger partial charge in [0, 0.05) is 31.9 Å². The molecule has 3 heterocycles. The van der Waals surface area contributed by atoms with E-state index >= 15 is 0 Å². The van der Waals surface area contributed by atoms with E-state index in [0.717, 1.165) is 38.7 Å². The second-order valence-corrected chi connectivity index (χ2v) is 7.12. The maximum atomic E-state index is 6.15. The molecule has 3 aliphatic rings. The van der Waals surface area contributed by atoms with Crippen molar-refractivity contribution in [2.24, 2.45) is 0 Å². The molecule has 0 aromatic heterocycles. The summed E-state index contributed by atoms with van der Waals surface area (Å²) in [6.07, 6.45) is 8.44. The summed E-state index contributed by atoms with van der Waals surface area (Å²) in [6.45, 7) is 8.77. The van der Waals surface area contributed by atoms with Crippen molar-refractivity contribution in [3.05, 3.63) is 0 Å². The molecule has 0 aromatic rings. The highest BCUT2D eigenvalue weighted by Gasteiger charge is 2.39. The van der Waals surface area contributed by atoms with Crippen LogP contribution in [0.3, 0.4) is 0 Å². The molecule has 0 amide bonds. The van der Waals surface area contributed by atoms with Crippen molar-refractivity contribution in [1.82, 2.24) is 10.2 Å². The van der Waals surface area contributed by atoms with Crippen LogP contribution in [0.15, 0.2) is 0 Å². The standard InChI is InChI=1S/C17H32N2O2/c1-2-8-19-9-3-15(4-10-19)18-16-5-11-21-17(14-16)6-12-20-13-7-17/h15-16,18H,2-14H2,1H3. The fraction of sp³-hybridized carbons (Fsp3) is 1.00. The first-order chi connectivity index (χ1) is 10.3. The SMILES string of the molecule is CCCN1CCC(NC2CCOC3(CCOCC3)C2)CC1. The largest absolute Gasteiger partial charge is 0.381 e. The lowest BCUT2D eigenvalue weighted by Gasteiger charge is -2.45. The lowest BCUT2D eigenvalue weighted by Crippen LogP contribution is -2.53. The van der Waals surface area contributed by atoms with E-state index in [2.05, 4.69) is 17.1 Å². The maximum absolute atomic E-state index is 6.15. The first-order valence-electron chi connectivity index (χ1n) is 9.00. The lowest BCUT2D eigenvalue weighted by molar-refractivity contribution is -0.141. The Labute approximate surface area is 129 Å². The van der Waals surface area contributed by atoms with Crippen LogP contribution >= 0.6 is 0 Å². The van der Waals surface area contributed by atoms with Gasteiger partial charge in [0.2, 0.25) is 0 Å². The van der Waals surface area contributed by atoms with Crippen LogP contribution in [0.1, 0.15) is 51.9 Å². The molecule has 122 valence electrons. The highest BCUT2D eigenvalue weighted by Crippen LogP contribution is 2.34. The van der Waals surface area contributed by atoms with E-state index in [1.54, 1.807) is 0 Å². The van der Waals surface area contributed by atoms with Gasteiger partial charge < -0.3 is 19.7 Å². The third-order valence-electron chi connectivity index (χ3n) is 5.50. The summed E-state index contributed by atoms with van der Waals surface area (Å²) in [5.41, 5.74) is 0.122. The van der Waals surface area contributed by atoms with Gasteiger partial charge in [-0.2, -0.15) is 0 Å². The van der Waals surface area contributed by atoms with Gasteiger partial charge in [-0.3, -0.25) is 0 Å². The van der Waals surface area contributed by atoms with Crippen molar-refractivity contribution in [3.63, 3.8) is 0 Å². The highest BCUT2D eigenvalue weighted by molar-refractivity contribution is 4.93. The van der Waals surface area contributed by atoms with E-state index in [0.29, 0.717) is 6.04 Å². The van der Waals surface area contributed by atoms with Gasteiger partial charge in [0.15, 0.2) is 0 Å². The van der Waals surface area contributed by atoms with Crippen LogP contribution < -0.4 is 5.32 Å². The Hall–Kier alpha value is -0.160. The monoisotopic (exact) mass is 296 g/mol. The Morgan fingerprint density at radius 1 is 1.05 bits per heavy atom. The van der Waals surface area contributed by atoms with Crippen molar-refractivity contribution >= 4 is 0 Å². The molecule has 1 spiro atoms. The average Bonchev–Trinajstić information content (AvgIpc) is 2.50. The molecule has 0 aliphatic carbocycles. The molecule has 3 fully saturated rings. The minimum Gasteiger partial charge on any atom is -0.381 e. The smallest absolute Gasteiger partial charge is 0.0741 e. The molecule has 0 bridgehead atoms. The Morgan fingerprint density at radius 3 is 2.52 bits per heavy atom. The molecule has 0 aromatic carbocycles. The first-order valence-corrected chi connectivity index (χ1v) is 9.00. The summed E-state index contributed by atoms with van der Waals surface area (Å²) in [5.74, 6) is 0. The molecule has 1 atom stereocenters. The fourth-order valence-electron chi connectivity index (χ4n) is 4.23. The van der Waals surface area contributed by atoms with Gasteiger partial charge in [-0.15, -0.1) is 0 Å². The second-order valence-electron chi connectivity index (χ2n) is 7.12. The minimum absolute atomic E-state index is 0.122. The third-order valence-corrected chi connectivity index (χ3v) is 5.50. The van der Waals surface area contributed by atoms with E-state index in [9.17, 15) is 0 Å². The van der Waals surface area contributed by atoms with Gasteiger partial charge in [-0.05, 0) is 64.6 Å². The number of nitrogens with one attached hydrogen (secondary N) is 1. The second kappa shape index (κ2) is 7.40. The molecule has 0 radical (unpaired) electrons. The number of nitrogens with zero attached hydrogens (tertiary/aromatic N) is 1. The molecular weight excluding hydrogens is 264 g/mol. The van der Waals surface area contributed by atoms with Crippen LogP contribution in [0.2, 0.25) is 0 Å². The zero-order chi connectivity index (χ0) is 14.5. The number of ether oxygens (including phenoxy) is 2. The van der Waals surface area contributed by atoms with E-state index in [-0.39, 0.29) is 5.60 Å². The van der Waals surface area contributed by atoms with Gasteiger partial charge in [0.1, 0.15) is 0 Å². The summed E-state index contributed by atoms with van der Waals surface area (Å²) in [4.78, 5) is 2.61. The topological polar surface area (TPSA) is 33.7 Å². The Kier molecular flexibility index (Phi) is 5.54. The molecule has 1 N–H and O–H groups in total. The predicted octanol–water partition coefficient (Wildman–Crippen LogP) is 2.18. The zero-order valence-electron chi connectivity index (χ0n) is 13.6. The first kappa shape index (κ1) is 15.7. The fourth-order valence-corrected chi connectivity index (χ4v) is 4.23. The van der Waals surface area contributed by atoms with Gasteiger partial charge in [0.25, 0.3) is 0 Å². The number of hydrogen-bond acceptors (Lipinski definition) is 4. The van der Waals surface area contributed by atoms with Gasteiger partial charge in [-0.1, -0.05) is 6.92 Å². The van der Waals surface area contributed by atoms with Crippen LogP contribution in [-0.2, 0) is 9.47 Å². The van der Waals surface area contributed by atoms with E-state index in [1.165, 1.54) is 51.7 Å². The predicted molar refractivity (Wildman–Crippen MR) is 84.6 cm³/mol. The molecule has 4 heteroatoms. The molecule has 4 nitrogen and oxygen atoms in total. The Bertz CT molecular complexity index is 304. The van der Waals surface area contributed by atoms with Crippen molar-refractivity contribution in [3.8, 4) is 0 Å². The van der Waals surface area contributed by atoms with E-state index < -0.39 is 0 Å². The van der Waals surface area contributed by atoms with Gasteiger partial charge in [0.05, 0.1) is 5.60 Å². The van der Waals surface area contributed by atoms with Crippen LogP contribution in [0.4, 0.5) is 0 Å². The van der Waals surface area contributed by atoms with E-state index in [4.69, 9.17) is 9.47 Å². The van der Waals surface area contributed by atoms with Crippen LogP contribution in [0.5, 0.6) is 0 Å². The maximum Gasteiger partial charge on any atom is 0.0741 e. The Balaban J connectivity index is 1.45. The summed E-state index contributed by atoms with van der Waals surface area (Å²) >= 11 is 0. The van der Waals surface area contributed by atoms with Crippen molar-refractivity contribution < 1.29 is 9.47 Å². The lowest BCUT2D eigenvalue weighted by atomic mass is 9.83. The molecule has 0 saturated carbocycles. The molecular formula is C17H32N2O2. The highest BCUT2D eigenvalue weighted by atomic mass is 16.5. The number of hydrogen-bond donors (Lipinski definition) is 1. The summed E-state index contributed by atoms with van der Waals surface area (Å²) < 4.78 is 11.7. The third kappa shape index (κ3) is 4.19. The number of likely N-dealkylation sites (tertiary alicyclic amines) is 1. The molecule has 3 aliphatic heterocycles. The number of rotatable bonds is 4. The van der Waals surface area contributed by atoms with Crippen LogP contribution in [0.25, 0.3) is 0 Å². The van der Waals surface area contributed by atoms with E-state index in [1.807, 2.05) is 0 Å². The van der Waals surface area contributed by atoms with Gasteiger partial charge >= 0.3 is 0 Å². The normalized spacial score (nSPS) is 31.6. The van der Waals surface area contributed by atoms with Crippen LogP contribution in [0, 0.1) is 0 Å². The van der Waals surface area contributed by atoms with Crippen molar-refractivity contribution in [2.45, 2.75) is 69.6 Å². The molecule has 1 unspecified atom stereocenters. The summed E-state index contributed by atoms with van der Waals surface area (Å²) in [7, 11) is 0. The quantitative estimate of drug-likeness (QED) is 0.862. The van der Waals surface area contributed by atoms with Crippen molar-refractivity contribution in [2.75, 3.05) is 39.5 Å². The molecule has 3 rings (SSSR count).